The predicted octanol–water partition coefficient (Wildman–Crippen LogP) is 1.99. The molecule has 1 amide bonds. The van der Waals surface area contributed by atoms with E-state index >= 15 is 0 Å². The van der Waals surface area contributed by atoms with Crippen LogP contribution in [0.15, 0.2) is 18.2 Å². The molecule has 0 spiro atoms. The van der Waals surface area contributed by atoms with Gasteiger partial charge in [0.15, 0.2) is 0 Å². The molecule has 1 aromatic rings. The van der Waals surface area contributed by atoms with Gasteiger partial charge in [0, 0.05) is 41.3 Å². The summed E-state index contributed by atoms with van der Waals surface area (Å²) in [5, 5.41) is 0.584. The fourth-order valence-corrected chi connectivity index (χ4v) is 3.08. The van der Waals surface area contributed by atoms with Gasteiger partial charge in [-0.2, -0.15) is 0 Å². The van der Waals surface area contributed by atoms with Gasteiger partial charge in [0.2, 0.25) is 0 Å². The number of hydrogen-bond donors (Lipinski definition) is 1. The first kappa shape index (κ1) is 15.9. The first-order valence-electron chi connectivity index (χ1n) is 6.22. The van der Waals surface area contributed by atoms with Crippen LogP contribution in [-0.4, -0.2) is 53.4 Å². The molecule has 0 radical (unpaired) electrons. The van der Waals surface area contributed by atoms with E-state index in [-0.39, 0.29) is 5.91 Å². The number of nitrogens with two attached hydrogens (primary N) is 1. The van der Waals surface area contributed by atoms with Gasteiger partial charge in [-0.25, -0.2) is 0 Å². The van der Waals surface area contributed by atoms with E-state index in [1.165, 1.54) is 0 Å². The first-order valence-corrected chi connectivity index (χ1v) is 8.09. The third kappa shape index (κ3) is 4.03. The second-order valence-corrected chi connectivity index (χ2v) is 6.78. The Bertz CT molecular complexity index is 532. The van der Waals surface area contributed by atoms with E-state index in [0.29, 0.717) is 35.2 Å². The van der Waals surface area contributed by atoms with Crippen LogP contribution in [0, 0.1) is 3.57 Å². The van der Waals surface area contributed by atoms with E-state index in [1.807, 2.05) is 11.0 Å². The summed E-state index contributed by atoms with van der Waals surface area (Å²) in [5.41, 5.74) is 6.21. The Balaban J connectivity index is 2.01. The highest BCUT2D eigenvalue weighted by molar-refractivity contribution is 14.1. The average Bonchev–Trinajstić information content (AvgIpc) is 2.41. The molecule has 1 heterocycles. The quantitative estimate of drug-likeness (QED) is 0.597. The number of benzene rings is 1. The van der Waals surface area contributed by atoms with E-state index < -0.39 is 0 Å². The molecule has 1 aliphatic heterocycles. The monoisotopic (exact) mass is 423 g/mol. The maximum atomic E-state index is 12.5. The van der Waals surface area contributed by atoms with Crippen LogP contribution in [-0.2, 0) is 0 Å². The van der Waals surface area contributed by atoms with Crippen molar-refractivity contribution in [2.45, 2.75) is 0 Å². The Morgan fingerprint density at radius 2 is 2.00 bits per heavy atom. The standard InChI is InChI=1S/C13H15ClIN3OS/c14-9-1-2-11(15)10(7-9)13(19)18-5-3-17(4-6-18)8-12(16)20/h1-2,7H,3-6,8H2,(H2,16,20). The van der Waals surface area contributed by atoms with Crippen LogP contribution in [0.4, 0.5) is 0 Å². The highest BCUT2D eigenvalue weighted by atomic mass is 127. The minimum absolute atomic E-state index is 0.0341. The van der Waals surface area contributed by atoms with E-state index in [0.717, 1.165) is 16.7 Å². The van der Waals surface area contributed by atoms with Gasteiger partial charge in [0.25, 0.3) is 5.91 Å². The zero-order chi connectivity index (χ0) is 14.7. The molecule has 2 N–H and O–H groups in total. The van der Waals surface area contributed by atoms with Crippen LogP contribution in [0.25, 0.3) is 0 Å². The molecule has 0 aromatic heterocycles. The molecule has 1 aliphatic rings. The zero-order valence-corrected chi connectivity index (χ0v) is 14.5. The van der Waals surface area contributed by atoms with Crippen molar-refractivity contribution >= 4 is 57.3 Å². The average molecular weight is 424 g/mol. The first-order chi connectivity index (χ1) is 9.47. The Kier molecular flexibility index (Phi) is 5.59. The summed E-state index contributed by atoms with van der Waals surface area (Å²) < 4.78 is 0.919. The van der Waals surface area contributed by atoms with E-state index in [9.17, 15) is 4.79 Å². The molecular weight excluding hydrogens is 409 g/mol. The minimum atomic E-state index is 0.0341. The molecule has 2 rings (SSSR count). The lowest BCUT2D eigenvalue weighted by atomic mass is 10.2. The number of carbonyl (C=O) groups excluding carboxylic acids is 1. The van der Waals surface area contributed by atoms with E-state index in [2.05, 4.69) is 27.5 Å². The molecule has 0 atom stereocenters. The third-order valence-corrected chi connectivity index (χ3v) is 4.50. The molecular formula is C13H15ClIN3OS. The molecule has 20 heavy (non-hydrogen) atoms. The van der Waals surface area contributed by atoms with Crippen LogP contribution in [0.5, 0.6) is 0 Å². The molecule has 4 nitrogen and oxygen atoms in total. The lowest BCUT2D eigenvalue weighted by molar-refractivity contribution is 0.0653. The largest absolute Gasteiger partial charge is 0.392 e. The number of amides is 1. The Morgan fingerprint density at radius 3 is 2.60 bits per heavy atom. The normalized spacial score (nSPS) is 16.2. The van der Waals surface area contributed by atoms with Gasteiger partial charge >= 0.3 is 0 Å². The SMILES string of the molecule is NC(=S)CN1CCN(C(=O)c2cc(Cl)ccc2I)CC1. The van der Waals surface area contributed by atoms with Crippen LogP contribution in [0.3, 0.4) is 0 Å². The predicted molar refractivity (Wildman–Crippen MR) is 93.3 cm³/mol. The Morgan fingerprint density at radius 1 is 1.35 bits per heavy atom. The van der Waals surface area contributed by atoms with Gasteiger partial charge in [0.05, 0.1) is 10.6 Å². The van der Waals surface area contributed by atoms with Gasteiger partial charge in [-0.1, -0.05) is 23.8 Å². The number of piperazine rings is 1. The van der Waals surface area contributed by atoms with Gasteiger partial charge in [-0.05, 0) is 40.8 Å². The minimum Gasteiger partial charge on any atom is -0.392 e. The van der Waals surface area contributed by atoms with Crippen LogP contribution in [0.2, 0.25) is 5.02 Å². The molecule has 1 aromatic carbocycles. The smallest absolute Gasteiger partial charge is 0.255 e. The summed E-state index contributed by atoms with van der Waals surface area (Å²) in [4.78, 5) is 17.0. The Labute approximate surface area is 142 Å². The summed E-state index contributed by atoms with van der Waals surface area (Å²) in [6, 6.07) is 5.38. The zero-order valence-electron chi connectivity index (χ0n) is 10.8. The van der Waals surface area contributed by atoms with Crippen molar-refractivity contribution in [3.8, 4) is 0 Å². The fourth-order valence-electron chi connectivity index (χ4n) is 2.16. The van der Waals surface area contributed by atoms with Crippen LogP contribution < -0.4 is 5.73 Å². The summed E-state index contributed by atoms with van der Waals surface area (Å²) in [6.45, 7) is 3.57. The summed E-state index contributed by atoms with van der Waals surface area (Å²) in [6.07, 6.45) is 0. The van der Waals surface area contributed by atoms with Crippen molar-refractivity contribution in [2.24, 2.45) is 5.73 Å². The second kappa shape index (κ2) is 7.02. The molecule has 1 fully saturated rings. The number of carbonyl (C=O) groups is 1. The number of hydrogen-bond acceptors (Lipinski definition) is 3. The highest BCUT2D eigenvalue weighted by Crippen LogP contribution is 2.20. The molecule has 0 saturated carbocycles. The molecule has 108 valence electrons. The number of nitrogens with zero attached hydrogens (tertiary/aromatic N) is 2. The van der Waals surface area contributed by atoms with Crippen molar-refractivity contribution in [1.82, 2.24) is 9.80 Å². The maximum absolute atomic E-state index is 12.5. The van der Waals surface area contributed by atoms with Crippen molar-refractivity contribution in [3.63, 3.8) is 0 Å². The third-order valence-electron chi connectivity index (χ3n) is 3.20. The number of rotatable bonds is 3. The van der Waals surface area contributed by atoms with Gasteiger partial charge in [-0.15, -0.1) is 0 Å². The van der Waals surface area contributed by atoms with Gasteiger partial charge < -0.3 is 10.6 Å². The molecule has 0 bridgehead atoms. The molecule has 7 heteroatoms. The van der Waals surface area contributed by atoms with Crippen molar-refractivity contribution in [3.05, 3.63) is 32.4 Å². The molecule has 0 unspecified atom stereocenters. The molecule has 0 aliphatic carbocycles. The topological polar surface area (TPSA) is 49.6 Å². The van der Waals surface area contributed by atoms with Crippen LogP contribution in [0.1, 0.15) is 10.4 Å². The second-order valence-electron chi connectivity index (χ2n) is 4.66. The summed E-state index contributed by atoms with van der Waals surface area (Å²) in [5.74, 6) is 0.0341. The highest BCUT2D eigenvalue weighted by Gasteiger charge is 2.23. The van der Waals surface area contributed by atoms with Gasteiger partial charge in [-0.3, -0.25) is 9.69 Å². The van der Waals surface area contributed by atoms with E-state index in [4.69, 9.17) is 29.6 Å². The summed E-state index contributed by atoms with van der Waals surface area (Å²) >= 11 is 13.0. The number of halogens is 2. The van der Waals surface area contributed by atoms with Crippen LogP contribution >= 0.6 is 46.4 Å². The lowest BCUT2D eigenvalue weighted by Crippen LogP contribution is -2.50. The van der Waals surface area contributed by atoms with Gasteiger partial charge in [0.1, 0.15) is 0 Å². The maximum Gasteiger partial charge on any atom is 0.255 e. The van der Waals surface area contributed by atoms with Crippen molar-refractivity contribution in [1.29, 1.82) is 0 Å². The molecule has 1 saturated heterocycles. The Hall–Kier alpha value is -0.440. The van der Waals surface area contributed by atoms with Crippen molar-refractivity contribution < 1.29 is 4.79 Å². The van der Waals surface area contributed by atoms with Crippen molar-refractivity contribution in [2.75, 3.05) is 32.7 Å². The number of thiocarbonyl (C=S) groups is 1. The van der Waals surface area contributed by atoms with E-state index in [1.54, 1.807) is 12.1 Å². The summed E-state index contributed by atoms with van der Waals surface area (Å²) in [7, 11) is 0. The lowest BCUT2D eigenvalue weighted by Gasteiger charge is -2.34. The fraction of sp³-hybridized carbons (Fsp3) is 0.385.